The van der Waals surface area contributed by atoms with E-state index in [0.717, 1.165) is 11.1 Å². The van der Waals surface area contributed by atoms with Crippen LogP contribution in [0.15, 0.2) is 84.9 Å². The molecule has 0 unspecified atom stereocenters. The third kappa shape index (κ3) is 2.15. The minimum absolute atomic E-state index is 0.153. The van der Waals surface area contributed by atoms with Crippen LogP contribution in [0.1, 0.15) is 11.1 Å². The normalized spacial score (nSPS) is 22.6. The second-order valence-electron chi connectivity index (χ2n) is 7.05. The Morgan fingerprint density at radius 1 is 0.704 bits per heavy atom. The van der Waals surface area contributed by atoms with Crippen LogP contribution in [0.25, 0.3) is 0 Å². The molecule has 3 aromatic carbocycles. The predicted molar refractivity (Wildman–Crippen MR) is 105 cm³/mol. The van der Waals surface area contributed by atoms with Crippen LogP contribution in [0.4, 0.5) is 5.69 Å². The van der Waals surface area contributed by atoms with Gasteiger partial charge in [-0.05, 0) is 29.3 Å². The van der Waals surface area contributed by atoms with E-state index in [-0.39, 0.29) is 23.7 Å². The minimum atomic E-state index is -0.578. The van der Waals surface area contributed by atoms with Crippen molar-refractivity contribution in [2.24, 2.45) is 11.8 Å². The first kappa shape index (κ1) is 16.3. The van der Waals surface area contributed by atoms with Gasteiger partial charge < -0.3 is 0 Å². The van der Waals surface area contributed by atoms with E-state index in [1.165, 1.54) is 4.90 Å². The quantitative estimate of drug-likeness (QED) is 0.636. The van der Waals surface area contributed by atoms with Crippen LogP contribution >= 0.6 is 11.6 Å². The standard InChI is InChI=1S/C23H16ClNO2/c24-17-12-7-13-18(14-17)25-21(26)19-20(22(25)27)23(19,15-8-3-1-4-9-15)16-10-5-2-6-11-16/h1-14,19-20H/t19-,20-/m1/s1. The van der Waals surface area contributed by atoms with Gasteiger partial charge >= 0.3 is 0 Å². The van der Waals surface area contributed by atoms with Crippen LogP contribution in [0.3, 0.4) is 0 Å². The summed E-state index contributed by atoms with van der Waals surface area (Å²) in [4.78, 5) is 27.9. The van der Waals surface area contributed by atoms with E-state index in [4.69, 9.17) is 11.6 Å². The van der Waals surface area contributed by atoms with E-state index in [9.17, 15) is 9.59 Å². The summed E-state index contributed by atoms with van der Waals surface area (Å²) in [6, 6.07) is 26.7. The van der Waals surface area contributed by atoms with Gasteiger partial charge in [0, 0.05) is 10.4 Å². The Hall–Kier alpha value is -2.91. The first-order valence-electron chi connectivity index (χ1n) is 8.90. The van der Waals surface area contributed by atoms with Crippen molar-refractivity contribution >= 4 is 29.1 Å². The molecule has 1 saturated heterocycles. The van der Waals surface area contributed by atoms with E-state index < -0.39 is 5.41 Å². The molecule has 1 aliphatic heterocycles. The molecule has 2 amide bonds. The van der Waals surface area contributed by atoms with Gasteiger partial charge in [0.1, 0.15) is 0 Å². The van der Waals surface area contributed by atoms with Gasteiger partial charge in [0.25, 0.3) is 0 Å². The van der Waals surface area contributed by atoms with Gasteiger partial charge in [-0.3, -0.25) is 9.59 Å². The maximum atomic E-state index is 13.3. The Kier molecular flexibility index (Phi) is 3.49. The zero-order chi connectivity index (χ0) is 18.6. The molecule has 1 heterocycles. The molecule has 3 aromatic rings. The van der Waals surface area contributed by atoms with Crippen LogP contribution < -0.4 is 4.90 Å². The molecule has 3 nitrogen and oxygen atoms in total. The molecular weight excluding hydrogens is 358 g/mol. The predicted octanol–water partition coefficient (Wildman–Crippen LogP) is 4.45. The molecule has 0 radical (unpaired) electrons. The van der Waals surface area contributed by atoms with Crippen molar-refractivity contribution in [2.45, 2.75) is 5.41 Å². The molecule has 2 fully saturated rings. The zero-order valence-electron chi connectivity index (χ0n) is 14.4. The molecule has 1 saturated carbocycles. The molecule has 132 valence electrons. The van der Waals surface area contributed by atoms with Crippen LogP contribution in [0.5, 0.6) is 0 Å². The molecule has 2 aliphatic rings. The lowest BCUT2D eigenvalue weighted by atomic mass is 9.83. The van der Waals surface area contributed by atoms with Crippen LogP contribution in [-0.4, -0.2) is 11.8 Å². The topological polar surface area (TPSA) is 37.4 Å². The molecule has 4 heteroatoms. The van der Waals surface area contributed by atoms with Gasteiger partial charge in [-0.15, -0.1) is 0 Å². The number of rotatable bonds is 3. The summed E-state index contributed by atoms with van der Waals surface area (Å²) >= 11 is 6.06. The number of fused-ring (bicyclic) bond motifs is 1. The highest BCUT2D eigenvalue weighted by molar-refractivity contribution is 6.32. The number of carbonyl (C=O) groups excluding carboxylic acids is 2. The van der Waals surface area contributed by atoms with Crippen LogP contribution in [-0.2, 0) is 15.0 Å². The molecule has 0 spiro atoms. The van der Waals surface area contributed by atoms with Gasteiger partial charge in [0.05, 0.1) is 17.5 Å². The summed E-state index contributed by atoms with van der Waals surface area (Å²) in [6.45, 7) is 0. The summed E-state index contributed by atoms with van der Waals surface area (Å²) in [5.41, 5.74) is 1.99. The number of nitrogens with zero attached hydrogens (tertiary/aromatic N) is 1. The SMILES string of the molecule is O=C1[C@H]2[C@H](C(=O)N1c1cccc(Cl)c1)C2(c1ccccc1)c1ccccc1. The molecule has 1 aliphatic carbocycles. The average Bonchev–Trinajstić information content (AvgIpc) is 3.33. The molecule has 5 rings (SSSR count). The number of hydrogen-bond donors (Lipinski definition) is 0. The number of piperidine rings is 1. The number of benzene rings is 3. The maximum absolute atomic E-state index is 13.3. The second-order valence-corrected chi connectivity index (χ2v) is 7.48. The highest BCUT2D eigenvalue weighted by Crippen LogP contribution is 2.68. The zero-order valence-corrected chi connectivity index (χ0v) is 15.1. The van der Waals surface area contributed by atoms with E-state index in [1.54, 1.807) is 24.3 Å². The molecule has 27 heavy (non-hydrogen) atoms. The maximum Gasteiger partial charge on any atom is 0.239 e. The summed E-state index contributed by atoms with van der Waals surface area (Å²) in [5.74, 6) is -1.07. The van der Waals surface area contributed by atoms with Gasteiger partial charge in [-0.1, -0.05) is 78.3 Å². The summed E-state index contributed by atoms with van der Waals surface area (Å²) in [5, 5.41) is 0.506. The highest BCUT2D eigenvalue weighted by atomic mass is 35.5. The lowest BCUT2D eigenvalue weighted by Crippen LogP contribution is -2.39. The summed E-state index contributed by atoms with van der Waals surface area (Å²) < 4.78 is 0. The fourth-order valence-electron chi connectivity index (χ4n) is 4.63. The van der Waals surface area contributed by atoms with E-state index in [1.807, 2.05) is 60.7 Å². The van der Waals surface area contributed by atoms with Gasteiger partial charge in [0.15, 0.2) is 0 Å². The van der Waals surface area contributed by atoms with Crippen LogP contribution in [0, 0.1) is 11.8 Å². The van der Waals surface area contributed by atoms with E-state index >= 15 is 0 Å². The van der Waals surface area contributed by atoms with E-state index in [0.29, 0.717) is 10.7 Å². The fourth-order valence-corrected chi connectivity index (χ4v) is 4.82. The van der Waals surface area contributed by atoms with Crippen molar-refractivity contribution < 1.29 is 9.59 Å². The molecular formula is C23H16ClNO2. The largest absolute Gasteiger partial charge is 0.274 e. The van der Waals surface area contributed by atoms with Gasteiger partial charge in [0.2, 0.25) is 11.8 Å². The molecule has 0 bridgehead atoms. The fraction of sp³-hybridized carbons (Fsp3) is 0.130. The van der Waals surface area contributed by atoms with Crippen molar-refractivity contribution in [3.8, 4) is 0 Å². The van der Waals surface area contributed by atoms with E-state index in [2.05, 4.69) is 0 Å². The molecule has 0 N–H and O–H groups in total. The first-order valence-corrected chi connectivity index (χ1v) is 9.28. The number of carbonyl (C=O) groups is 2. The smallest absolute Gasteiger partial charge is 0.239 e. The number of hydrogen-bond acceptors (Lipinski definition) is 2. The molecule has 2 atom stereocenters. The lowest BCUT2D eigenvalue weighted by Gasteiger charge is -2.26. The summed E-state index contributed by atoms with van der Waals surface area (Å²) in [7, 11) is 0. The number of amides is 2. The Morgan fingerprint density at radius 3 is 1.70 bits per heavy atom. The average molecular weight is 374 g/mol. The monoisotopic (exact) mass is 373 g/mol. The Balaban J connectivity index is 1.63. The Bertz CT molecular complexity index is 985. The number of imide groups is 1. The van der Waals surface area contributed by atoms with Crippen molar-refractivity contribution in [3.05, 3.63) is 101 Å². The third-order valence-corrected chi connectivity index (χ3v) is 5.98. The van der Waals surface area contributed by atoms with Crippen LogP contribution in [0.2, 0.25) is 5.02 Å². The Labute approximate surface area is 162 Å². The lowest BCUT2D eigenvalue weighted by molar-refractivity contribution is -0.124. The van der Waals surface area contributed by atoms with Crippen molar-refractivity contribution in [1.82, 2.24) is 0 Å². The number of halogens is 1. The number of anilines is 1. The third-order valence-electron chi connectivity index (χ3n) is 5.75. The van der Waals surface area contributed by atoms with Gasteiger partial charge in [-0.25, -0.2) is 4.90 Å². The van der Waals surface area contributed by atoms with Crippen molar-refractivity contribution in [2.75, 3.05) is 4.90 Å². The summed E-state index contributed by atoms with van der Waals surface area (Å²) in [6.07, 6.45) is 0. The molecule has 0 aromatic heterocycles. The van der Waals surface area contributed by atoms with Crippen molar-refractivity contribution in [1.29, 1.82) is 0 Å². The first-order chi connectivity index (χ1) is 13.2. The van der Waals surface area contributed by atoms with Crippen molar-refractivity contribution in [3.63, 3.8) is 0 Å². The second kappa shape index (κ2) is 5.80. The minimum Gasteiger partial charge on any atom is -0.274 e. The Morgan fingerprint density at radius 2 is 1.22 bits per heavy atom. The van der Waals surface area contributed by atoms with Gasteiger partial charge in [-0.2, -0.15) is 0 Å². The highest BCUT2D eigenvalue weighted by Gasteiger charge is 2.78.